The summed E-state index contributed by atoms with van der Waals surface area (Å²) in [6, 6.07) is 0.501. The van der Waals surface area contributed by atoms with E-state index in [9.17, 15) is 0 Å². The largest absolute Gasteiger partial charge is 0.357 e. The van der Waals surface area contributed by atoms with Crippen molar-refractivity contribution >= 4 is 41.3 Å². The van der Waals surface area contributed by atoms with Gasteiger partial charge in [-0.15, -0.1) is 35.3 Å². The Labute approximate surface area is 174 Å². The first-order valence-electron chi connectivity index (χ1n) is 9.14. The molecule has 0 spiro atoms. The molecule has 0 aliphatic carbocycles. The third-order valence-corrected chi connectivity index (χ3v) is 5.53. The fraction of sp³-hybridized carbons (Fsp3) is 0.778. The molecule has 1 aliphatic heterocycles. The first-order chi connectivity index (χ1) is 11.5. The van der Waals surface area contributed by atoms with Gasteiger partial charge < -0.3 is 10.2 Å². The summed E-state index contributed by atoms with van der Waals surface area (Å²) in [5, 5.41) is 6.66. The van der Waals surface area contributed by atoms with Crippen LogP contribution >= 0.6 is 35.3 Å². The molecule has 1 aromatic rings. The van der Waals surface area contributed by atoms with Crippen LogP contribution in [-0.4, -0.2) is 60.0 Å². The third-order valence-electron chi connectivity index (χ3n) is 4.71. The number of nitrogens with one attached hydrogen (secondary N) is 1. The number of rotatable bonds is 6. The second kappa shape index (κ2) is 11.3. The molecular formula is C18H34IN5S. The Morgan fingerprint density at radius 3 is 2.72 bits per heavy atom. The lowest BCUT2D eigenvalue weighted by atomic mass is 9.98. The third kappa shape index (κ3) is 7.38. The first kappa shape index (κ1) is 22.6. The van der Waals surface area contributed by atoms with Crippen molar-refractivity contribution in [2.45, 2.75) is 53.1 Å². The van der Waals surface area contributed by atoms with E-state index in [0.717, 1.165) is 42.2 Å². The highest BCUT2D eigenvalue weighted by atomic mass is 127. The number of piperidine rings is 1. The molecule has 1 aliphatic rings. The summed E-state index contributed by atoms with van der Waals surface area (Å²) < 4.78 is 0. The number of hydrogen-bond donors (Lipinski definition) is 1. The van der Waals surface area contributed by atoms with E-state index in [1.807, 2.05) is 0 Å². The highest BCUT2D eigenvalue weighted by Gasteiger charge is 2.20. The van der Waals surface area contributed by atoms with Crippen LogP contribution in [0.1, 0.15) is 44.3 Å². The molecule has 144 valence electrons. The van der Waals surface area contributed by atoms with Crippen LogP contribution in [0.3, 0.4) is 0 Å². The molecule has 0 aromatic carbocycles. The number of hydrogen-bond acceptors (Lipinski definition) is 4. The van der Waals surface area contributed by atoms with Crippen molar-refractivity contribution in [3.63, 3.8) is 0 Å². The van der Waals surface area contributed by atoms with Crippen LogP contribution in [0.4, 0.5) is 0 Å². The zero-order valence-corrected chi connectivity index (χ0v) is 19.4. The molecule has 1 N–H and O–H groups in total. The van der Waals surface area contributed by atoms with E-state index in [0.29, 0.717) is 6.04 Å². The molecule has 2 heterocycles. The molecule has 5 nitrogen and oxygen atoms in total. The van der Waals surface area contributed by atoms with Gasteiger partial charge in [0.15, 0.2) is 5.96 Å². The van der Waals surface area contributed by atoms with Crippen LogP contribution in [0.5, 0.6) is 0 Å². The molecule has 1 aromatic heterocycles. The predicted octanol–water partition coefficient (Wildman–Crippen LogP) is 3.59. The van der Waals surface area contributed by atoms with Crippen molar-refractivity contribution in [1.82, 2.24) is 20.1 Å². The minimum Gasteiger partial charge on any atom is -0.357 e. The number of likely N-dealkylation sites (tertiary alicyclic amines) is 1. The Bertz CT molecular complexity index is 525. The van der Waals surface area contributed by atoms with Crippen LogP contribution in [0.2, 0.25) is 0 Å². The Morgan fingerprint density at radius 2 is 2.16 bits per heavy atom. The number of nitrogens with zero attached hydrogens (tertiary/aromatic N) is 4. The van der Waals surface area contributed by atoms with Gasteiger partial charge >= 0.3 is 0 Å². The van der Waals surface area contributed by atoms with E-state index < -0.39 is 0 Å². The topological polar surface area (TPSA) is 43.8 Å². The summed E-state index contributed by atoms with van der Waals surface area (Å²) >= 11 is 1.70. The minimum atomic E-state index is 0. The lowest BCUT2D eigenvalue weighted by Crippen LogP contribution is -2.43. The zero-order chi connectivity index (χ0) is 17.5. The molecule has 0 radical (unpaired) electrons. The highest BCUT2D eigenvalue weighted by molar-refractivity contribution is 14.0. The van der Waals surface area contributed by atoms with E-state index in [4.69, 9.17) is 4.99 Å². The molecule has 0 bridgehead atoms. The average molecular weight is 479 g/mol. The van der Waals surface area contributed by atoms with Gasteiger partial charge in [0.25, 0.3) is 0 Å². The number of thiazole rings is 1. The lowest BCUT2D eigenvalue weighted by Gasteiger charge is -2.34. The van der Waals surface area contributed by atoms with Crippen molar-refractivity contribution in [2.75, 3.05) is 33.2 Å². The van der Waals surface area contributed by atoms with Gasteiger partial charge in [-0.3, -0.25) is 9.89 Å². The Hall–Kier alpha value is -0.410. The van der Waals surface area contributed by atoms with Crippen molar-refractivity contribution in [3.8, 4) is 0 Å². The normalized spacial score (nSPS) is 17.9. The van der Waals surface area contributed by atoms with Crippen LogP contribution in [0.15, 0.2) is 10.4 Å². The van der Waals surface area contributed by atoms with E-state index >= 15 is 0 Å². The standard InChI is InChI=1S/C18H33N5S.HI/c1-6-19-18(22(5)12-17-13-24-16(4)21-17)20-11-15(3)23-9-7-14(2)8-10-23;/h13-15H,6-12H2,1-5H3,(H,19,20);1H. The molecule has 1 saturated heterocycles. The van der Waals surface area contributed by atoms with Crippen molar-refractivity contribution < 1.29 is 0 Å². The predicted molar refractivity (Wildman–Crippen MR) is 119 cm³/mol. The fourth-order valence-corrected chi connectivity index (χ4v) is 3.68. The fourth-order valence-electron chi connectivity index (χ4n) is 3.07. The molecule has 0 saturated carbocycles. The quantitative estimate of drug-likeness (QED) is 0.385. The van der Waals surface area contributed by atoms with Crippen LogP contribution in [0, 0.1) is 12.8 Å². The minimum absolute atomic E-state index is 0. The van der Waals surface area contributed by atoms with Crippen molar-refractivity contribution in [1.29, 1.82) is 0 Å². The van der Waals surface area contributed by atoms with Gasteiger partial charge in [0.1, 0.15) is 0 Å². The molecule has 2 rings (SSSR count). The van der Waals surface area contributed by atoms with Crippen molar-refractivity contribution in [3.05, 3.63) is 16.1 Å². The lowest BCUT2D eigenvalue weighted by molar-refractivity contribution is 0.150. The Balaban J connectivity index is 0.00000312. The second-order valence-corrected chi connectivity index (χ2v) is 8.04. The Kier molecular flexibility index (Phi) is 10.3. The van der Waals surface area contributed by atoms with E-state index in [1.54, 1.807) is 11.3 Å². The summed E-state index contributed by atoms with van der Waals surface area (Å²) in [4.78, 5) is 14.2. The smallest absolute Gasteiger partial charge is 0.194 e. The summed E-state index contributed by atoms with van der Waals surface area (Å²) in [6.07, 6.45) is 2.63. The molecule has 1 unspecified atom stereocenters. The maximum atomic E-state index is 4.88. The average Bonchev–Trinajstić information content (AvgIpc) is 2.96. The number of aryl methyl sites for hydroxylation is 1. The van der Waals surface area contributed by atoms with Gasteiger partial charge in [-0.05, 0) is 52.6 Å². The maximum Gasteiger partial charge on any atom is 0.194 e. The molecule has 7 heteroatoms. The van der Waals surface area contributed by atoms with Crippen LogP contribution in [0.25, 0.3) is 0 Å². The zero-order valence-electron chi connectivity index (χ0n) is 16.3. The van der Waals surface area contributed by atoms with Crippen LogP contribution in [-0.2, 0) is 6.54 Å². The number of guanidine groups is 1. The number of halogens is 1. The Morgan fingerprint density at radius 1 is 1.48 bits per heavy atom. The van der Waals surface area contributed by atoms with E-state index in [1.165, 1.54) is 25.9 Å². The summed E-state index contributed by atoms with van der Waals surface area (Å²) in [6.45, 7) is 13.8. The maximum absolute atomic E-state index is 4.88. The summed E-state index contributed by atoms with van der Waals surface area (Å²) in [5.74, 6) is 1.85. The molecule has 25 heavy (non-hydrogen) atoms. The number of aliphatic imine (C=N–C) groups is 1. The summed E-state index contributed by atoms with van der Waals surface area (Å²) in [7, 11) is 2.09. The molecule has 0 amide bonds. The summed E-state index contributed by atoms with van der Waals surface area (Å²) in [5.41, 5.74) is 1.11. The van der Waals surface area contributed by atoms with Crippen molar-refractivity contribution in [2.24, 2.45) is 10.9 Å². The van der Waals surface area contributed by atoms with E-state index in [-0.39, 0.29) is 24.0 Å². The van der Waals surface area contributed by atoms with Gasteiger partial charge in [0, 0.05) is 25.0 Å². The van der Waals surface area contributed by atoms with Gasteiger partial charge in [-0.25, -0.2) is 4.98 Å². The van der Waals surface area contributed by atoms with Gasteiger partial charge in [-0.2, -0.15) is 0 Å². The SMILES string of the molecule is CCNC(=NCC(C)N1CCC(C)CC1)N(C)Cc1csc(C)n1.I. The molecule has 1 fully saturated rings. The van der Waals surface area contributed by atoms with Gasteiger partial charge in [0.2, 0.25) is 0 Å². The monoisotopic (exact) mass is 479 g/mol. The van der Waals surface area contributed by atoms with E-state index in [2.05, 4.69) is 60.2 Å². The number of aromatic nitrogens is 1. The highest BCUT2D eigenvalue weighted by Crippen LogP contribution is 2.18. The van der Waals surface area contributed by atoms with Gasteiger partial charge in [0.05, 0.1) is 23.8 Å². The first-order valence-corrected chi connectivity index (χ1v) is 10.0. The van der Waals surface area contributed by atoms with Gasteiger partial charge in [-0.1, -0.05) is 6.92 Å². The second-order valence-electron chi connectivity index (χ2n) is 6.98. The van der Waals surface area contributed by atoms with Crippen LogP contribution < -0.4 is 5.32 Å². The molecule has 1 atom stereocenters. The molecular weight excluding hydrogens is 445 g/mol.